The normalized spacial score (nSPS) is 26.4. The molecule has 8 nitrogen and oxygen atoms in total. The van der Waals surface area contributed by atoms with Gasteiger partial charge in [0, 0.05) is 61.4 Å². The summed E-state index contributed by atoms with van der Waals surface area (Å²) in [7, 11) is 0. The van der Waals surface area contributed by atoms with E-state index >= 15 is 0 Å². The zero-order valence-electron chi connectivity index (χ0n) is 18.8. The van der Waals surface area contributed by atoms with Gasteiger partial charge in [-0.3, -0.25) is 10.1 Å². The third-order valence-electron chi connectivity index (χ3n) is 6.81. The van der Waals surface area contributed by atoms with Crippen molar-refractivity contribution in [2.75, 3.05) is 37.6 Å². The van der Waals surface area contributed by atoms with Crippen LogP contribution >= 0.6 is 0 Å². The summed E-state index contributed by atoms with van der Waals surface area (Å²) in [6, 6.07) is 6.89. The van der Waals surface area contributed by atoms with Gasteiger partial charge in [-0.2, -0.15) is 0 Å². The van der Waals surface area contributed by atoms with Crippen LogP contribution in [0.25, 0.3) is 0 Å². The van der Waals surface area contributed by atoms with E-state index in [0.29, 0.717) is 11.8 Å². The van der Waals surface area contributed by atoms with E-state index in [-0.39, 0.29) is 28.3 Å². The van der Waals surface area contributed by atoms with Crippen molar-refractivity contribution < 1.29 is 14.5 Å². The van der Waals surface area contributed by atoms with Crippen LogP contribution in [0.3, 0.4) is 0 Å². The fraction of sp³-hybridized carbons (Fsp3) is 0.696. The smallest absolute Gasteiger partial charge is 0.407 e. The molecular formula is C23H34N4O4. The van der Waals surface area contributed by atoms with E-state index in [1.165, 1.54) is 6.42 Å². The lowest BCUT2D eigenvalue weighted by molar-refractivity contribution is -0.384. The number of likely N-dealkylation sites (tertiary alicyclic amines) is 1. The third-order valence-corrected chi connectivity index (χ3v) is 6.81. The van der Waals surface area contributed by atoms with E-state index < -0.39 is 0 Å². The molecule has 3 aliphatic rings. The first-order valence-corrected chi connectivity index (χ1v) is 11.4. The summed E-state index contributed by atoms with van der Waals surface area (Å²) < 4.78 is 5.60. The second kappa shape index (κ2) is 8.65. The van der Waals surface area contributed by atoms with Gasteiger partial charge < -0.3 is 19.9 Å². The van der Waals surface area contributed by atoms with Crippen LogP contribution in [-0.2, 0) is 4.74 Å². The lowest BCUT2D eigenvalue weighted by atomic mass is 9.93. The molecule has 2 unspecified atom stereocenters. The Balaban J connectivity index is 1.13. The Bertz CT molecular complexity index is 787. The Labute approximate surface area is 184 Å². The maximum absolute atomic E-state index is 11.9. The maximum atomic E-state index is 11.9. The minimum absolute atomic E-state index is 0.100. The average molecular weight is 431 g/mol. The molecule has 0 aromatic heterocycles. The van der Waals surface area contributed by atoms with Gasteiger partial charge in [0.05, 0.1) is 4.92 Å². The monoisotopic (exact) mass is 430 g/mol. The number of carbonyl (C=O) groups excluding carboxylic acids is 1. The van der Waals surface area contributed by atoms with Crippen LogP contribution in [-0.4, -0.2) is 60.3 Å². The Morgan fingerprint density at radius 3 is 2.32 bits per heavy atom. The number of rotatable bonds is 6. The first kappa shape index (κ1) is 21.9. The van der Waals surface area contributed by atoms with Gasteiger partial charge in [0.2, 0.25) is 0 Å². The molecule has 2 aliphatic heterocycles. The first-order chi connectivity index (χ1) is 14.7. The number of non-ortho nitro benzene ring substituents is 1. The summed E-state index contributed by atoms with van der Waals surface area (Å²) >= 11 is 0. The van der Waals surface area contributed by atoms with Gasteiger partial charge in [-0.25, -0.2) is 4.79 Å². The van der Waals surface area contributed by atoms with Gasteiger partial charge in [-0.1, -0.05) is 0 Å². The molecule has 2 atom stereocenters. The molecule has 1 aromatic rings. The van der Waals surface area contributed by atoms with Crippen molar-refractivity contribution in [1.82, 2.24) is 10.2 Å². The summed E-state index contributed by atoms with van der Waals surface area (Å²) in [6.45, 7) is 11.1. The van der Waals surface area contributed by atoms with Gasteiger partial charge >= 0.3 is 6.09 Å². The Morgan fingerprint density at radius 1 is 1.16 bits per heavy atom. The molecule has 3 fully saturated rings. The molecule has 31 heavy (non-hydrogen) atoms. The minimum atomic E-state index is -0.354. The number of nitro groups is 1. The highest BCUT2D eigenvalue weighted by Crippen LogP contribution is 2.48. The highest BCUT2D eigenvalue weighted by Gasteiger charge is 2.58. The van der Waals surface area contributed by atoms with E-state index in [0.717, 1.165) is 57.2 Å². The summed E-state index contributed by atoms with van der Waals surface area (Å²) in [5.74, 6) is 1.75. The van der Waals surface area contributed by atoms with Gasteiger partial charge in [-0.15, -0.1) is 0 Å². The topological polar surface area (TPSA) is 88.0 Å². The fourth-order valence-corrected chi connectivity index (χ4v) is 5.01. The fourth-order valence-electron chi connectivity index (χ4n) is 5.01. The molecule has 4 rings (SSSR count). The number of alkyl carbamates (subject to hydrolysis) is 1. The molecule has 1 amide bonds. The van der Waals surface area contributed by atoms with Crippen LogP contribution in [0.1, 0.15) is 40.0 Å². The standard InChI is InChI=1S/C23H34N4O4/c1-23(2,3)24-22(28)31-21-19-14-25(15-20(19)21)11-8-16-9-12-26(13-10-16)17-4-6-18(7-5-17)27(29)30/h4-7,16,19-21H,8-15H2,1-3H3,(H,24,28). The number of ether oxygens (including phenoxy) is 1. The molecule has 2 saturated heterocycles. The first-order valence-electron chi connectivity index (χ1n) is 11.4. The molecule has 2 heterocycles. The van der Waals surface area contributed by atoms with Crippen LogP contribution in [0.4, 0.5) is 16.2 Å². The molecule has 1 N–H and O–H groups in total. The highest BCUT2D eigenvalue weighted by molar-refractivity contribution is 5.68. The predicted octanol–water partition coefficient (Wildman–Crippen LogP) is 3.66. The molecule has 170 valence electrons. The van der Waals surface area contributed by atoms with E-state index in [4.69, 9.17) is 4.74 Å². The number of amides is 1. The number of nitro benzene ring substituents is 1. The molecule has 1 saturated carbocycles. The number of fused-ring (bicyclic) bond motifs is 1. The van der Waals surface area contributed by atoms with E-state index in [2.05, 4.69) is 15.1 Å². The van der Waals surface area contributed by atoms with E-state index in [9.17, 15) is 14.9 Å². The van der Waals surface area contributed by atoms with Crippen molar-refractivity contribution in [3.63, 3.8) is 0 Å². The van der Waals surface area contributed by atoms with Crippen LogP contribution in [0.2, 0.25) is 0 Å². The van der Waals surface area contributed by atoms with Gasteiger partial charge in [0.25, 0.3) is 5.69 Å². The lowest BCUT2D eigenvalue weighted by Gasteiger charge is -2.34. The zero-order valence-corrected chi connectivity index (χ0v) is 18.8. The SMILES string of the molecule is CC(C)(C)NC(=O)OC1C2CN(CCC3CCN(c4ccc([N+](=O)[O-])cc4)CC3)CC21. The number of piperidine rings is 2. The van der Waals surface area contributed by atoms with Gasteiger partial charge in [0.15, 0.2) is 0 Å². The van der Waals surface area contributed by atoms with Crippen molar-refractivity contribution in [2.24, 2.45) is 17.8 Å². The number of hydrogen-bond acceptors (Lipinski definition) is 6. The molecule has 0 spiro atoms. The number of nitrogens with zero attached hydrogens (tertiary/aromatic N) is 3. The van der Waals surface area contributed by atoms with Crippen LogP contribution in [0, 0.1) is 27.9 Å². The minimum Gasteiger partial charge on any atom is -0.446 e. The Morgan fingerprint density at radius 2 is 1.77 bits per heavy atom. The number of anilines is 1. The Hall–Kier alpha value is -2.35. The molecular weight excluding hydrogens is 396 g/mol. The summed E-state index contributed by atoms with van der Waals surface area (Å²) in [5, 5.41) is 13.7. The van der Waals surface area contributed by atoms with Crippen molar-refractivity contribution in [2.45, 2.75) is 51.7 Å². The summed E-state index contributed by atoms with van der Waals surface area (Å²) in [6.07, 6.45) is 3.35. The zero-order chi connectivity index (χ0) is 22.2. The van der Waals surface area contributed by atoms with Crippen LogP contribution < -0.4 is 10.2 Å². The highest BCUT2D eigenvalue weighted by atomic mass is 16.6. The predicted molar refractivity (Wildman–Crippen MR) is 119 cm³/mol. The van der Waals surface area contributed by atoms with Gasteiger partial charge in [0.1, 0.15) is 6.10 Å². The Kier molecular flexibility index (Phi) is 6.10. The van der Waals surface area contributed by atoms with E-state index in [1.807, 2.05) is 32.9 Å². The van der Waals surface area contributed by atoms with Crippen molar-refractivity contribution >= 4 is 17.5 Å². The summed E-state index contributed by atoms with van der Waals surface area (Å²) in [5.41, 5.74) is 0.955. The number of carbonyl (C=O) groups is 1. The molecule has 8 heteroatoms. The third kappa shape index (κ3) is 5.47. The largest absolute Gasteiger partial charge is 0.446 e. The number of benzene rings is 1. The quantitative estimate of drug-likeness (QED) is 0.547. The van der Waals surface area contributed by atoms with Crippen LogP contribution in [0.5, 0.6) is 0 Å². The number of hydrogen-bond donors (Lipinski definition) is 1. The molecule has 0 bridgehead atoms. The number of nitrogens with one attached hydrogen (secondary N) is 1. The van der Waals surface area contributed by atoms with Crippen molar-refractivity contribution in [3.05, 3.63) is 34.4 Å². The molecule has 0 radical (unpaired) electrons. The van der Waals surface area contributed by atoms with E-state index in [1.54, 1.807) is 12.1 Å². The molecule has 1 aliphatic carbocycles. The second-order valence-electron chi connectivity index (χ2n) is 10.3. The van der Waals surface area contributed by atoms with Gasteiger partial charge in [-0.05, 0) is 64.6 Å². The maximum Gasteiger partial charge on any atom is 0.407 e. The average Bonchev–Trinajstić information content (AvgIpc) is 3.15. The molecule has 1 aromatic carbocycles. The summed E-state index contributed by atoms with van der Waals surface area (Å²) in [4.78, 5) is 27.3. The lowest BCUT2D eigenvalue weighted by Crippen LogP contribution is -2.42. The van der Waals surface area contributed by atoms with Crippen LogP contribution in [0.15, 0.2) is 24.3 Å². The van der Waals surface area contributed by atoms with Crippen molar-refractivity contribution in [3.8, 4) is 0 Å². The van der Waals surface area contributed by atoms with Crippen molar-refractivity contribution in [1.29, 1.82) is 0 Å². The second-order valence-corrected chi connectivity index (χ2v) is 10.3.